The molecule has 0 aliphatic heterocycles. The van der Waals surface area contributed by atoms with Gasteiger partial charge in [-0.15, -0.1) is 0 Å². The normalized spacial score (nSPS) is 11.1. The van der Waals surface area contributed by atoms with Crippen LogP contribution in [0.4, 0.5) is 0 Å². The second-order valence-corrected chi connectivity index (χ2v) is 6.67. The summed E-state index contributed by atoms with van der Waals surface area (Å²) in [7, 11) is 4.18. The molecule has 4 heteroatoms. The van der Waals surface area contributed by atoms with Gasteiger partial charge in [0, 0.05) is 29.1 Å². The van der Waals surface area contributed by atoms with Crippen molar-refractivity contribution in [1.82, 2.24) is 10.2 Å². The molecular formula is C17H20BrClN2. The van der Waals surface area contributed by atoms with Crippen LogP contribution in [-0.2, 0) is 19.6 Å². The lowest BCUT2D eigenvalue weighted by molar-refractivity contribution is 0.400. The lowest BCUT2D eigenvalue weighted by Crippen LogP contribution is -2.17. The second-order valence-electron chi connectivity index (χ2n) is 5.35. The van der Waals surface area contributed by atoms with Gasteiger partial charge in [-0.1, -0.05) is 51.8 Å². The van der Waals surface area contributed by atoms with E-state index in [-0.39, 0.29) is 0 Å². The number of benzene rings is 2. The van der Waals surface area contributed by atoms with Gasteiger partial charge >= 0.3 is 0 Å². The van der Waals surface area contributed by atoms with Crippen LogP contribution in [-0.4, -0.2) is 19.0 Å². The van der Waals surface area contributed by atoms with Gasteiger partial charge < -0.3 is 10.2 Å². The molecule has 2 aromatic rings. The topological polar surface area (TPSA) is 15.3 Å². The van der Waals surface area contributed by atoms with Crippen molar-refractivity contribution in [3.63, 3.8) is 0 Å². The van der Waals surface area contributed by atoms with Crippen molar-refractivity contribution in [2.45, 2.75) is 19.6 Å². The minimum absolute atomic E-state index is 0.759. The lowest BCUT2D eigenvalue weighted by Gasteiger charge is -2.15. The Bertz CT molecular complexity index is 599. The zero-order valence-electron chi connectivity index (χ0n) is 12.4. The van der Waals surface area contributed by atoms with Gasteiger partial charge in [-0.3, -0.25) is 0 Å². The Morgan fingerprint density at radius 1 is 1.00 bits per heavy atom. The average Bonchev–Trinajstić information content (AvgIpc) is 2.44. The third kappa shape index (κ3) is 5.11. The Hall–Kier alpha value is -0.870. The number of nitrogens with one attached hydrogen (secondary N) is 1. The summed E-state index contributed by atoms with van der Waals surface area (Å²) in [6.07, 6.45) is 0. The third-order valence-corrected chi connectivity index (χ3v) is 4.11. The summed E-state index contributed by atoms with van der Waals surface area (Å²) in [4.78, 5) is 2.18. The number of hydrogen-bond donors (Lipinski definition) is 1. The first-order chi connectivity index (χ1) is 10.1. The van der Waals surface area contributed by atoms with Gasteiger partial charge in [0.25, 0.3) is 0 Å². The summed E-state index contributed by atoms with van der Waals surface area (Å²) in [5.74, 6) is 0. The molecule has 0 saturated heterocycles. The third-order valence-electron chi connectivity index (χ3n) is 3.24. The Morgan fingerprint density at radius 3 is 2.38 bits per heavy atom. The van der Waals surface area contributed by atoms with Crippen molar-refractivity contribution in [1.29, 1.82) is 0 Å². The van der Waals surface area contributed by atoms with E-state index in [0.29, 0.717) is 0 Å². The zero-order chi connectivity index (χ0) is 15.2. The minimum Gasteiger partial charge on any atom is -0.309 e. The quantitative estimate of drug-likeness (QED) is 0.811. The molecule has 112 valence electrons. The molecule has 0 fully saturated rings. The van der Waals surface area contributed by atoms with E-state index in [2.05, 4.69) is 70.6 Å². The van der Waals surface area contributed by atoms with Crippen molar-refractivity contribution >= 4 is 27.5 Å². The molecule has 0 bridgehead atoms. The summed E-state index contributed by atoms with van der Waals surface area (Å²) in [5, 5.41) is 4.27. The first kappa shape index (κ1) is 16.5. The first-order valence-electron chi connectivity index (χ1n) is 6.92. The maximum Gasteiger partial charge on any atom is 0.0451 e. The van der Waals surface area contributed by atoms with Gasteiger partial charge in [0.1, 0.15) is 0 Å². The van der Waals surface area contributed by atoms with Crippen LogP contribution in [0.2, 0.25) is 5.02 Å². The van der Waals surface area contributed by atoms with Crippen molar-refractivity contribution in [2.24, 2.45) is 0 Å². The zero-order valence-corrected chi connectivity index (χ0v) is 14.7. The molecule has 2 aromatic carbocycles. The first-order valence-corrected chi connectivity index (χ1v) is 8.09. The maximum absolute atomic E-state index is 6.21. The highest BCUT2D eigenvalue weighted by molar-refractivity contribution is 9.10. The molecule has 0 atom stereocenters. The summed E-state index contributed by atoms with van der Waals surface area (Å²) >= 11 is 9.69. The van der Waals surface area contributed by atoms with Crippen molar-refractivity contribution in [3.8, 4) is 0 Å². The van der Waals surface area contributed by atoms with Gasteiger partial charge in [-0.25, -0.2) is 0 Å². The number of nitrogens with zero attached hydrogens (tertiary/aromatic N) is 1. The van der Waals surface area contributed by atoms with Crippen LogP contribution in [0.5, 0.6) is 0 Å². The van der Waals surface area contributed by atoms with Crippen LogP contribution in [0, 0.1) is 0 Å². The summed E-state index contributed by atoms with van der Waals surface area (Å²) in [6.45, 7) is 2.55. The van der Waals surface area contributed by atoms with E-state index in [9.17, 15) is 0 Å². The molecule has 0 radical (unpaired) electrons. The molecule has 0 amide bonds. The van der Waals surface area contributed by atoms with E-state index >= 15 is 0 Å². The minimum atomic E-state index is 0.759. The monoisotopic (exact) mass is 366 g/mol. The van der Waals surface area contributed by atoms with E-state index in [1.165, 1.54) is 11.1 Å². The van der Waals surface area contributed by atoms with E-state index in [1.807, 2.05) is 12.1 Å². The molecule has 0 aliphatic carbocycles. The molecule has 0 unspecified atom stereocenters. The number of halogens is 2. The molecule has 1 N–H and O–H groups in total. The molecule has 0 aromatic heterocycles. The number of hydrogen-bond acceptors (Lipinski definition) is 2. The molecule has 0 aliphatic rings. The Labute approximate surface area is 140 Å². The maximum atomic E-state index is 6.21. The second kappa shape index (κ2) is 7.95. The molecule has 21 heavy (non-hydrogen) atoms. The van der Waals surface area contributed by atoms with E-state index < -0.39 is 0 Å². The summed E-state index contributed by atoms with van der Waals surface area (Å²) in [5.41, 5.74) is 3.80. The molecule has 0 heterocycles. The number of rotatable bonds is 6. The Morgan fingerprint density at radius 2 is 1.67 bits per heavy atom. The van der Waals surface area contributed by atoms with E-state index in [0.717, 1.165) is 34.7 Å². The van der Waals surface area contributed by atoms with Gasteiger partial charge in [-0.2, -0.15) is 0 Å². The van der Waals surface area contributed by atoms with Crippen molar-refractivity contribution in [2.75, 3.05) is 14.1 Å². The highest BCUT2D eigenvalue weighted by atomic mass is 79.9. The SMILES string of the molecule is CN(C)Cc1ccccc1CNCc1cc(Br)ccc1Cl. The fourth-order valence-corrected chi connectivity index (χ4v) is 2.83. The van der Waals surface area contributed by atoms with E-state index in [4.69, 9.17) is 11.6 Å². The standard InChI is InChI=1S/C17H20BrClN2/c1-21(2)12-14-6-4-3-5-13(14)10-20-11-15-9-16(18)7-8-17(15)19/h3-9,20H,10-12H2,1-2H3. The van der Waals surface area contributed by atoms with Crippen LogP contribution in [0.3, 0.4) is 0 Å². The predicted octanol–water partition coefficient (Wildman–Crippen LogP) is 4.45. The molecule has 2 rings (SSSR count). The Kier molecular flexibility index (Phi) is 6.24. The van der Waals surface area contributed by atoms with Gasteiger partial charge in [-0.05, 0) is 49.0 Å². The molecule has 0 saturated carbocycles. The van der Waals surface area contributed by atoms with Gasteiger partial charge in [0.05, 0.1) is 0 Å². The predicted molar refractivity (Wildman–Crippen MR) is 93.5 cm³/mol. The summed E-state index contributed by atoms with van der Waals surface area (Å²) in [6, 6.07) is 14.5. The van der Waals surface area contributed by atoms with Crippen LogP contribution in [0.25, 0.3) is 0 Å². The van der Waals surface area contributed by atoms with Gasteiger partial charge in [0.2, 0.25) is 0 Å². The lowest BCUT2D eigenvalue weighted by atomic mass is 10.1. The average molecular weight is 368 g/mol. The molecule has 2 nitrogen and oxygen atoms in total. The smallest absolute Gasteiger partial charge is 0.0451 e. The fourth-order valence-electron chi connectivity index (χ4n) is 2.24. The van der Waals surface area contributed by atoms with Gasteiger partial charge in [0.15, 0.2) is 0 Å². The highest BCUT2D eigenvalue weighted by Crippen LogP contribution is 2.21. The van der Waals surface area contributed by atoms with Crippen LogP contribution < -0.4 is 5.32 Å². The molecule has 0 spiro atoms. The Balaban J connectivity index is 1.99. The highest BCUT2D eigenvalue weighted by Gasteiger charge is 2.04. The van der Waals surface area contributed by atoms with Crippen molar-refractivity contribution in [3.05, 3.63) is 68.7 Å². The van der Waals surface area contributed by atoms with Crippen LogP contribution >= 0.6 is 27.5 Å². The summed E-state index contributed by atoms with van der Waals surface area (Å²) < 4.78 is 1.05. The largest absolute Gasteiger partial charge is 0.309 e. The van der Waals surface area contributed by atoms with Crippen LogP contribution in [0.15, 0.2) is 46.9 Å². The fraction of sp³-hybridized carbons (Fsp3) is 0.294. The van der Waals surface area contributed by atoms with Crippen LogP contribution in [0.1, 0.15) is 16.7 Å². The molecular weight excluding hydrogens is 348 g/mol. The van der Waals surface area contributed by atoms with E-state index in [1.54, 1.807) is 0 Å². The van der Waals surface area contributed by atoms with Crippen molar-refractivity contribution < 1.29 is 0 Å².